The number of benzene rings is 2. The van der Waals surface area contributed by atoms with Gasteiger partial charge in [0.05, 0.1) is 35.9 Å². The van der Waals surface area contributed by atoms with E-state index in [-0.39, 0.29) is 11.8 Å². The lowest BCUT2D eigenvalue weighted by atomic mass is 9.82. The van der Waals surface area contributed by atoms with E-state index >= 15 is 0 Å². The number of carbonyl (C=O) groups excluding carboxylic acids is 2. The van der Waals surface area contributed by atoms with Crippen LogP contribution in [0, 0.1) is 25.7 Å². The van der Waals surface area contributed by atoms with Gasteiger partial charge in [-0.3, -0.25) is 14.4 Å². The number of hydrogen-bond donors (Lipinski definition) is 0. The van der Waals surface area contributed by atoms with Crippen molar-refractivity contribution < 1.29 is 23.5 Å². The van der Waals surface area contributed by atoms with Crippen LogP contribution in [0.15, 0.2) is 34.7 Å². The third-order valence-electron chi connectivity index (χ3n) is 8.38. The van der Waals surface area contributed by atoms with Crippen LogP contribution in [0.1, 0.15) is 72.4 Å². The number of amides is 1. The van der Waals surface area contributed by atoms with Crippen molar-refractivity contribution in [1.82, 2.24) is 9.78 Å². The van der Waals surface area contributed by atoms with E-state index in [0.29, 0.717) is 36.0 Å². The maximum absolute atomic E-state index is 13.7. The largest absolute Gasteiger partial charge is 0.456 e. The molecule has 8 heteroatoms. The molecule has 1 atom stereocenters. The molecule has 1 aliphatic heterocycles. The highest BCUT2D eigenvalue weighted by Crippen LogP contribution is 2.40. The van der Waals surface area contributed by atoms with E-state index in [1.54, 1.807) is 17.9 Å². The lowest BCUT2D eigenvalue weighted by Crippen LogP contribution is -2.48. The average molecular weight is 530 g/mol. The van der Waals surface area contributed by atoms with Crippen LogP contribution >= 0.6 is 0 Å². The van der Waals surface area contributed by atoms with Gasteiger partial charge in [0.15, 0.2) is 6.23 Å². The fraction of sp³-hybridized carbons (Fsp3) is 0.452. The summed E-state index contributed by atoms with van der Waals surface area (Å²) in [5.74, 6) is 0.187. The van der Waals surface area contributed by atoms with Crippen LogP contribution in [0.25, 0.3) is 21.9 Å². The summed E-state index contributed by atoms with van der Waals surface area (Å²) in [4.78, 5) is 28.3. The number of aryl methyl sites for hydroxylation is 3. The number of cyclic esters (lactones) is 1. The van der Waals surface area contributed by atoms with Gasteiger partial charge < -0.3 is 13.9 Å². The van der Waals surface area contributed by atoms with E-state index in [9.17, 15) is 9.59 Å². The Morgan fingerprint density at radius 1 is 1.00 bits per heavy atom. The standard InChI is InChI=1S/C31H35N3O5/c1-17-6-8-21(9-7-17)30(35)34-20(4)38-31(36)26-14-29-25(13-27(26)34)24-12-22(18(2)10-28(24)39-29)15-37-16-23-11-19(3)32-33(23)5/h10-14,17,20-21H,6-9,15-16H2,1-5H3/t17-,20?,21-. The number of esters is 1. The minimum absolute atomic E-state index is 0.0330. The van der Waals surface area contributed by atoms with Crippen LogP contribution in [0.4, 0.5) is 5.69 Å². The topological polar surface area (TPSA) is 86.8 Å². The van der Waals surface area contributed by atoms with E-state index in [1.165, 1.54) is 0 Å². The van der Waals surface area contributed by atoms with Crippen molar-refractivity contribution in [3.05, 3.63) is 58.4 Å². The molecule has 1 amide bonds. The Kier molecular flexibility index (Phi) is 6.46. The molecule has 1 aliphatic carbocycles. The second-order valence-corrected chi connectivity index (χ2v) is 11.3. The summed E-state index contributed by atoms with van der Waals surface area (Å²) in [7, 11) is 1.92. The van der Waals surface area contributed by atoms with Crippen molar-refractivity contribution in [3.8, 4) is 0 Å². The Bertz CT molecular complexity index is 1590. The van der Waals surface area contributed by atoms with Gasteiger partial charge >= 0.3 is 5.97 Å². The third kappa shape index (κ3) is 4.61. The molecule has 1 unspecified atom stereocenters. The number of rotatable bonds is 5. The SMILES string of the molecule is Cc1cc(COCc2cc3c(cc2C)oc2cc4c(cc23)N(C(=O)[C@H]2CC[C@H](C)CC2)C(C)OC4=O)n(C)n1. The van der Waals surface area contributed by atoms with Gasteiger partial charge in [-0.1, -0.05) is 6.92 Å². The van der Waals surface area contributed by atoms with Crippen LogP contribution in [-0.4, -0.2) is 27.9 Å². The molecule has 0 radical (unpaired) electrons. The Hall–Kier alpha value is -3.65. The van der Waals surface area contributed by atoms with Gasteiger partial charge in [0.2, 0.25) is 5.91 Å². The first-order valence-electron chi connectivity index (χ1n) is 13.8. The summed E-state index contributed by atoms with van der Waals surface area (Å²) in [5, 5.41) is 6.18. The molecule has 2 aromatic heterocycles. The predicted octanol–water partition coefficient (Wildman–Crippen LogP) is 6.33. The molecule has 2 aliphatic rings. The van der Waals surface area contributed by atoms with E-state index in [1.807, 2.05) is 43.8 Å². The molecule has 1 saturated carbocycles. The molecule has 39 heavy (non-hydrogen) atoms. The van der Waals surface area contributed by atoms with Crippen LogP contribution in [0.5, 0.6) is 0 Å². The molecule has 6 rings (SSSR count). The Balaban J connectivity index is 1.35. The first kappa shape index (κ1) is 25.6. The number of carbonyl (C=O) groups is 2. The molecule has 2 aromatic carbocycles. The molecule has 0 N–H and O–H groups in total. The lowest BCUT2D eigenvalue weighted by Gasteiger charge is -2.37. The molecule has 204 valence electrons. The second-order valence-electron chi connectivity index (χ2n) is 11.3. The van der Waals surface area contributed by atoms with Crippen molar-refractivity contribution in [3.63, 3.8) is 0 Å². The average Bonchev–Trinajstić information content (AvgIpc) is 3.40. The van der Waals surface area contributed by atoms with Gasteiger partial charge in [-0.25, -0.2) is 4.79 Å². The van der Waals surface area contributed by atoms with Gasteiger partial charge in [0.1, 0.15) is 11.2 Å². The summed E-state index contributed by atoms with van der Waals surface area (Å²) in [5.41, 5.74) is 6.39. The van der Waals surface area contributed by atoms with Gasteiger partial charge in [0, 0.05) is 23.7 Å². The Morgan fingerprint density at radius 3 is 2.44 bits per heavy atom. The van der Waals surface area contributed by atoms with E-state index in [0.717, 1.165) is 64.6 Å². The summed E-state index contributed by atoms with van der Waals surface area (Å²) in [6, 6.07) is 9.77. The van der Waals surface area contributed by atoms with E-state index in [4.69, 9.17) is 13.9 Å². The fourth-order valence-electron chi connectivity index (χ4n) is 6.05. The van der Waals surface area contributed by atoms with E-state index < -0.39 is 12.2 Å². The normalized spacial score (nSPS) is 21.4. The molecular formula is C31H35N3O5. The second kappa shape index (κ2) is 9.83. The molecule has 0 bridgehead atoms. The van der Waals surface area contributed by atoms with Crippen LogP contribution in [0.3, 0.4) is 0 Å². The van der Waals surface area contributed by atoms with E-state index in [2.05, 4.69) is 18.1 Å². The van der Waals surface area contributed by atoms with Crippen LogP contribution in [-0.2, 0) is 34.5 Å². The highest BCUT2D eigenvalue weighted by molar-refractivity contribution is 6.13. The summed E-state index contributed by atoms with van der Waals surface area (Å²) >= 11 is 0. The molecule has 4 aromatic rings. The molecule has 1 fully saturated rings. The van der Waals surface area contributed by atoms with Crippen molar-refractivity contribution in [2.75, 3.05) is 4.90 Å². The maximum Gasteiger partial charge on any atom is 0.342 e. The zero-order valence-corrected chi connectivity index (χ0v) is 23.2. The number of ether oxygens (including phenoxy) is 2. The number of fused-ring (bicyclic) bond motifs is 4. The highest BCUT2D eigenvalue weighted by Gasteiger charge is 2.38. The number of hydrogen-bond acceptors (Lipinski definition) is 6. The van der Waals surface area contributed by atoms with Crippen molar-refractivity contribution >= 4 is 39.5 Å². The van der Waals surface area contributed by atoms with Crippen LogP contribution < -0.4 is 4.90 Å². The Labute approximate surface area is 227 Å². The van der Waals surface area contributed by atoms with Crippen molar-refractivity contribution in [1.29, 1.82) is 0 Å². The quantitative estimate of drug-likeness (QED) is 0.281. The number of nitrogens with zero attached hydrogens (tertiary/aromatic N) is 3. The summed E-state index contributed by atoms with van der Waals surface area (Å²) < 4.78 is 19.7. The molecule has 3 heterocycles. The maximum atomic E-state index is 13.7. The van der Waals surface area contributed by atoms with Gasteiger partial charge in [-0.2, -0.15) is 5.10 Å². The summed E-state index contributed by atoms with van der Waals surface area (Å²) in [6.07, 6.45) is 3.16. The monoisotopic (exact) mass is 529 g/mol. The first-order valence-corrected chi connectivity index (χ1v) is 13.8. The summed E-state index contributed by atoms with van der Waals surface area (Å²) in [6.45, 7) is 8.92. The van der Waals surface area contributed by atoms with Gasteiger partial charge in [-0.15, -0.1) is 0 Å². The third-order valence-corrected chi connectivity index (χ3v) is 8.38. The minimum atomic E-state index is -0.658. The first-order chi connectivity index (χ1) is 18.7. The van der Waals surface area contributed by atoms with Gasteiger partial charge in [0.25, 0.3) is 0 Å². The smallest absolute Gasteiger partial charge is 0.342 e. The number of aromatic nitrogens is 2. The highest BCUT2D eigenvalue weighted by atomic mass is 16.6. The van der Waals surface area contributed by atoms with Crippen LogP contribution in [0.2, 0.25) is 0 Å². The predicted molar refractivity (Wildman–Crippen MR) is 148 cm³/mol. The minimum Gasteiger partial charge on any atom is -0.456 e. The number of anilines is 1. The van der Waals surface area contributed by atoms with Gasteiger partial charge in [-0.05, 0) is 93.8 Å². The fourth-order valence-corrected chi connectivity index (χ4v) is 6.05. The Morgan fingerprint density at radius 2 is 1.72 bits per heavy atom. The lowest BCUT2D eigenvalue weighted by molar-refractivity contribution is -0.125. The molecule has 0 spiro atoms. The number of furan rings is 1. The molecule has 8 nitrogen and oxygen atoms in total. The zero-order chi connectivity index (χ0) is 27.4. The van der Waals surface area contributed by atoms with Crippen molar-refractivity contribution in [2.24, 2.45) is 18.9 Å². The molecular weight excluding hydrogens is 494 g/mol. The zero-order valence-electron chi connectivity index (χ0n) is 23.2. The van der Waals surface area contributed by atoms with Crippen molar-refractivity contribution in [2.45, 2.75) is 72.8 Å². The molecule has 0 saturated heterocycles.